The second kappa shape index (κ2) is 7.47. The molecular formula is C19H25N3O. The summed E-state index contributed by atoms with van der Waals surface area (Å²) in [7, 11) is 0. The minimum Gasteiger partial charge on any atom is -0.392 e. The van der Waals surface area contributed by atoms with Gasteiger partial charge in [0.2, 0.25) is 0 Å². The molecule has 1 unspecified atom stereocenters. The first-order valence-corrected chi connectivity index (χ1v) is 8.43. The first-order chi connectivity index (χ1) is 11.3. The van der Waals surface area contributed by atoms with Crippen molar-refractivity contribution in [2.75, 3.05) is 23.3 Å². The summed E-state index contributed by atoms with van der Waals surface area (Å²) in [4.78, 5) is 6.97. The van der Waals surface area contributed by atoms with Gasteiger partial charge in [0.15, 0.2) is 0 Å². The van der Waals surface area contributed by atoms with E-state index >= 15 is 0 Å². The van der Waals surface area contributed by atoms with Crippen LogP contribution in [0.15, 0.2) is 42.6 Å². The van der Waals surface area contributed by atoms with Gasteiger partial charge in [0.05, 0.1) is 18.5 Å². The molecule has 0 aliphatic carbocycles. The normalized spacial score (nSPS) is 16.2. The standard InChI is InChI=1S/C19H25N3O/c1-15(17-7-5-6-16(12-17)14-23)21-19-9-8-18(13-20-19)22-10-3-2-4-11-22/h5-9,12-13,15,23H,2-4,10-11,14H2,1H3,(H,20,21). The third-order valence-electron chi connectivity index (χ3n) is 4.47. The fourth-order valence-corrected chi connectivity index (χ4v) is 3.08. The van der Waals surface area contributed by atoms with E-state index in [-0.39, 0.29) is 12.6 Å². The Morgan fingerprint density at radius 2 is 2.00 bits per heavy atom. The van der Waals surface area contributed by atoms with Crippen LogP contribution in [0.5, 0.6) is 0 Å². The van der Waals surface area contributed by atoms with E-state index in [1.54, 1.807) is 0 Å². The molecule has 1 aromatic heterocycles. The molecule has 4 nitrogen and oxygen atoms in total. The van der Waals surface area contributed by atoms with Crippen molar-refractivity contribution in [1.29, 1.82) is 0 Å². The Balaban J connectivity index is 1.65. The van der Waals surface area contributed by atoms with Gasteiger partial charge >= 0.3 is 0 Å². The van der Waals surface area contributed by atoms with Crippen LogP contribution in [0.25, 0.3) is 0 Å². The number of pyridine rings is 1. The number of nitrogens with zero attached hydrogens (tertiary/aromatic N) is 2. The highest BCUT2D eigenvalue weighted by atomic mass is 16.3. The summed E-state index contributed by atoms with van der Waals surface area (Å²) in [5, 5.41) is 12.7. The van der Waals surface area contributed by atoms with Crippen LogP contribution in [0, 0.1) is 0 Å². The summed E-state index contributed by atoms with van der Waals surface area (Å²) in [5.74, 6) is 0.882. The highest BCUT2D eigenvalue weighted by Crippen LogP contribution is 2.22. The van der Waals surface area contributed by atoms with Gasteiger partial charge in [-0.2, -0.15) is 0 Å². The Morgan fingerprint density at radius 3 is 2.70 bits per heavy atom. The Kier molecular flexibility index (Phi) is 5.13. The van der Waals surface area contributed by atoms with Crippen LogP contribution in [0.1, 0.15) is 43.4 Å². The molecule has 2 heterocycles. The molecule has 0 amide bonds. The molecule has 1 fully saturated rings. The predicted molar refractivity (Wildman–Crippen MR) is 94.7 cm³/mol. The largest absolute Gasteiger partial charge is 0.392 e. The highest BCUT2D eigenvalue weighted by molar-refractivity contribution is 5.50. The van der Waals surface area contributed by atoms with Gasteiger partial charge in [-0.05, 0) is 49.4 Å². The molecular weight excluding hydrogens is 286 g/mol. The molecule has 2 N–H and O–H groups in total. The number of aromatic nitrogens is 1. The molecule has 1 aliphatic rings. The van der Waals surface area contributed by atoms with E-state index in [2.05, 4.69) is 40.3 Å². The van der Waals surface area contributed by atoms with Gasteiger partial charge < -0.3 is 15.3 Å². The Bertz CT molecular complexity index is 621. The van der Waals surface area contributed by atoms with Crippen molar-refractivity contribution in [1.82, 2.24) is 4.98 Å². The van der Waals surface area contributed by atoms with Gasteiger partial charge in [-0.3, -0.25) is 0 Å². The number of aliphatic hydroxyl groups excluding tert-OH is 1. The summed E-state index contributed by atoms with van der Waals surface area (Å²) in [6.45, 7) is 4.46. The lowest BCUT2D eigenvalue weighted by atomic mass is 10.1. The number of anilines is 2. The number of aliphatic hydroxyl groups is 1. The Morgan fingerprint density at radius 1 is 1.17 bits per heavy atom. The lowest BCUT2D eigenvalue weighted by molar-refractivity contribution is 0.281. The summed E-state index contributed by atoms with van der Waals surface area (Å²) < 4.78 is 0. The van der Waals surface area contributed by atoms with Crippen LogP contribution in [0.2, 0.25) is 0 Å². The Hall–Kier alpha value is -2.07. The number of nitrogens with one attached hydrogen (secondary N) is 1. The van der Waals surface area contributed by atoms with Crippen LogP contribution in [-0.4, -0.2) is 23.2 Å². The smallest absolute Gasteiger partial charge is 0.126 e. The molecule has 1 atom stereocenters. The monoisotopic (exact) mass is 311 g/mol. The van der Waals surface area contributed by atoms with Crippen molar-refractivity contribution in [2.24, 2.45) is 0 Å². The lowest BCUT2D eigenvalue weighted by Crippen LogP contribution is -2.29. The first-order valence-electron chi connectivity index (χ1n) is 8.43. The fraction of sp³-hybridized carbons (Fsp3) is 0.421. The van der Waals surface area contributed by atoms with E-state index < -0.39 is 0 Å². The van der Waals surface area contributed by atoms with Gasteiger partial charge in [0.25, 0.3) is 0 Å². The van der Waals surface area contributed by atoms with Gasteiger partial charge in [-0.25, -0.2) is 4.98 Å². The third kappa shape index (κ3) is 4.02. The van der Waals surface area contributed by atoms with Gasteiger partial charge in [-0.15, -0.1) is 0 Å². The van der Waals surface area contributed by atoms with E-state index in [1.165, 1.54) is 24.9 Å². The second-order valence-corrected chi connectivity index (χ2v) is 6.22. The van der Waals surface area contributed by atoms with E-state index in [4.69, 9.17) is 0 Å². The van der Waals surface area contributed by atoms with Crippen LogP contribution in [-0.2, 0) is 6.61 Å². The topological polar surface area (TPSA) is 48.4 Å². The maximum atomic E-state index is 9.25. The zero-order valence-corrected chi connectivity index (χ0v) is 13.7. The van der Waals surface area contributed by atoms with E-state index in [1.807, 2.05) is 24.4 Å². The molecule has 0 saturated carbocycles. The number of hydrogen-bond donors (Lipinski definition) is 2. The number of benzene rings is 1. The fourth-order valence-electron chi connectivity index (χ4n) is 3.08. The molecule has 0 spiro atoms. The molecule has 122 valence electrons. The second-order valence-electron chi connectivity index (χ2n) is 6.22. The average molecular weight is 311 g/mol. The van der Waals surface area contributed by atoms with Crippen molar-refractivity contribution < 1.29 is 5.11 Å². The third-order valence-corrected chi connectivity index (χ3v) is 4.47. The van der Waals surface area contributed by atoms with E-state index in [0.29, 0.717) is 0 Å². The molecule has 4 heteroatoms. The quantitative estimate of drug-likeness (QED) is 0.883. The van der Waals surface area contributed by atoms with Crippen molar-refractivity contribution in [2.45, 2.75) is 38.8 Å². The average Bonchev–Trinajstić information content (AvgIpc) is 2.63. The molecule has 2 aromatic rings. The predicted octanol–water partition coefficient (Wildman–Crippen LogP) is 3.74. The molecule has 1 saturated heterocycles. The Labute approximate surface area is 138 Å². The zero-order valence-electron chi connectivity index (χ0n) is 13.7. The first kappa shape index (κ1) is 15.8. The molecule has 1 aliphatic heterocycles. The van der Waals surface area contributed by atoms with E-state index in [0.717, 1.165) is 30.0 Å². The molecule has 23 heavy (non-hydrogen) atoms. The van der Waals surface area contributed by atoms with Crippen LogP contribution < -0.4 is 10.2 Å². The summed E-state index contributed by atoms with van der Waals surface area (Å²) in [6, 6.07) is 12.4. The van der Waals surface area contributed by atoms with Gasteiger partial charge in [0, 0.05) is 19.1 Å². The van der Waals surface area contributed by atoms with Crippen molar-refractivity contribution >= 4 is 11.5 Å². The maximum absolute atomic E-state index is 9.25. The number of rotatable bonds is 5. The van der Waals surface area contributed by atoms with Crippen LogP contribution >= 0.6 is 0 Å². The van der Waals surface area contributed by atoms with Crippen molar-refractivity contribution in [3.05, 3.63) is 53.7 Å². The molecule has 0 bridgehead atoms. The van der Waals surface area contributed by atoms with Gasteiger partial charge in [0.1, 0.15) is 5.82 Å². The summed E-state index contributed by atoms with van der Waals surface area (Å²) in [6.07, 6.45) is 5.86. The van der Waals surface area contributed by atoms with E-state index in [9.17, 15) is 5.11 Å². The van der Waals surface area contributed by atoms with Gasteiger partial charge in [-0.1, -0.05) is 24.3 Å². The lowest BCUT2D eigenvalue weighted by Gasteiger charge is -2.28. The SMILES string of the molecule is CC(Nc1ccc(N2CCCCC2)cn1)c1cccc(CO)c1. The number of hydrogen-bond acceptors (Lipinski definition) is 4. The molecule has 0 radical (unpaired) electrons. The molecule has 3 rings (SSSR count). The zero-order chi connectivity index (χ0) is 16.1. The maximum Gasteiger partial charge on any atom is 0.126 e. The number of piperidine rings is 1. The minimum atomic E-state index is 0.0728. The van der Waals surface area contributed by atoms with Crippen molar-refractivity contribution in [3.8, 4) is 0 Å². The summed E-state index contributed by atoms with van der Waals surface area (Å²) >= 11 is 0. The van der Waals surface area contributed by atoms with Crippen LogP contribution in [0.3, 0.4) is 0 Å². The van der Waals surface area contributed by atoms with Crippen molar-refractivity contribution in [3.63, 3.8) is 0 Å². The van der Waals surface area contributed by atoms with Crippen LogP contribution in [0.4, 0.5) is 11.5 Å². The summed E-state index contributed by atoms with van der Waals surface area (Å²) in [5.41, 5.74) is 3.30. The minimum absolute atomic E-state index is 0.0728. The molecule has 1 aromatic carbocycles. The highest BCUT2D eigenvalue weighted by Gasteiger charge is 2.12.